The van der Waals surface area contributed by atoms with E-state index in [1.165, 1.54) is 4.31 Å². The molecule has 2 aromatic rings. The van der Waals surface area contributed by atoms with E-state index in [4.69, 9.17) is 9.57 Å². The van der Waals surface area contributed by atoms with Gasteiger partial charge < -0.3 is 9.64 Å². The van der Waals surface area contributed by atoms with Crippen LogP contribution in [0.15, 0.2) is 53.4 Å². The molecule has 8 nitrogen and oxygen atoms in total. The quantitative estimate of drug-likeness (QED) is 0.704. The highest BCUT2D eigenvalue weighted by atomic mass is 32.2. The number of nitrogens with zero attached hydrogens (tertiary/aromatic N) is 2. The van der Waals surface area contributed by atoms with Crippen molar-refractivity contribution >= 4 is 21.8 Å². The van der Waals surface area contributed by atoms with Gasteiger partial charge in [-0.2, -0.15) is 9.79 Å². The van der Waals surface area contributed by atoms with Crippen LogP contribution in [0.1, 0.15) is 38.3 Å². The van der Waals surface area contributed by atoms with Crippen molar-refractivity contribution < 1.29 is 22.8 Å². The SMILES string of the molecule is Cc1ccc(S(=O)(=O)N2CCC3(ONC(=O)OC(C)(C)C)c4ccccc4N(C)C23)cc1. The lowest BCUT2D eigenvalue weighted by molar-refractivity contribution is -0.115. The summed E-state index contributed by atoms with van der Waals surface area (Å²) in [7, 11) is -1.96. The van der Waals surface area contributed by atoms with Gasteiger partial charge in [-0.25, -0.2) is 13.2 Å². The Labute approximate surface area is 189 Å². The van der Waals surface area contributed by atoms with Gasteiger partial charge in [0.15, 0.2) is 5.60 Å². The van der Waals surface area contributed by atoms with Gasteiger partial charge in [-0.1, -0.05) is 35.9 Å². The molecule has 2 aromatic carbocycles. The van der Waals surface area contributed by atoms with Crippen molar-refractivity contribution in [2.45, 2.75) is 56.4 Å². The van der Waals surface area contributed by atoms with Crippen molar-refractivity contribution in [1.29, 1.82) is 0 Å². The summed E-state index contributed by atoms with van der Waals surface area (Å²) >= 11 is 0. The molecule has 0 aromatic heterocycles. The second-order valence-electron chi connectivity index (χ2n) is 9.28. The molecule has 2 aliphatic heterocycles. The van der Waals surface area contributed by atoms with E-state index in [9.17, 15) is 13.2 Å². The number of para-hydroxylation sites is 1. The lowest BCUT2D eigenvalue weighted by Gasteiger charge is -2.35. The van der Waals surface area contributed by atoms with Gasteiger partial charge in [0.05, 0.1) is 4.90 Å². The number of carbonyl (C=O) groups is 1. The molecule has 1 amide bonds. The van der Waals surface area contributed by atoms with Crippen LogP contribution in [0.25, 0.3) is 0 Å². The van der Waals surface area contributed by atoms with Gasteiger partial charge in [-0.3, -0.25) is 4.84 Å². The number of carbonyl (C=O) groups excluding carboxylic acids is 1. The molecule has 1 fully saturated rings. The van der Waals surface area contributed by atoms with E-state index in [0.717, 1.165) is 16.8 Å². The van der Waals surface area contributed by atoms with Crippen LogP contribution in [0.4, 0.5) is 10.5 Å². The van der Waals surface area contributed by atoms with Crippen molar-refractivity contribution in [1.82, 2.24) is 9.79 Å². The van der Waals surface area contributed by atoms with E-state index < -0.39 is 33.5 Å². The molecule has 2 atom stereocenters. The number of hydrogen-bond donors (Lipinski definition) is 1. The second kappa shape index (κ2) is 7.75. The first-order valence-electron chi connectivity index (χ1n) is 10.5. The standard InChI is InChI=1S/C23H29N3O5S/c1-16-10-12-17(13-11-16)32(28,29)26-15-14-23(31-24-21(27)30-22(2,3)4)18-8-6-7-9-19(18)25(5)20(23)26/h6-13,20H,14-15H2,1-5H3,(H,24,27). The third-order valence-electron chi connectivity index (χ3n) is 5.84. The lowest BCUT2D eigenvalue weighted by Crippen LogP contribution is -2.53. The number of aryl methyl sites for hydroxylation is 1. The van der Waals surface area contributed by atoms with Gasteiger partial charge in [0.25, 0.3) is 0 Å². The molecule has 0 spiro atoms. The van der Waals surface area contributed by atoms with Crippen LogP contribution < -0.4 is 10.4 Å². The molecule has 0 saturated carbocycles. The molecule has 0 aliphatic carbocycles. The zero-order valence-corrected chi connectivity index (χ0v) is 19.8. The molecule has 1 N–H and O–H groups in total. The van der Waals surface area contributed by atoms with Crippen LogP contribution in [0.2, 0.25) is 0 Å². The van der Waals surface area contributed by atoms with Gasteiger partial charge >= 0.3 is 6.09 Å². The number of hydrogen-bond acceptors (Lipinski definition) is 6. The molecule has 1 saturated heterocycles. The highest BCUT2D eigenvalue weighted by Crippen LogP contribution is 2.53. The molecule has 0 bridgehead atoms. The van der Waals surface area contributed by atoms with Crippen molar-refractivity contribution in [3.05, 3.63) is 59.7 Å². The molecular formula is C23H29N3O5S. The van der Waals surface area contributed by atoms with Crippen LogP contribution in [0, 0.1) is 6.92 Å². The van der Waals surface area contributed by atoms with Gasteiger partial charge in [-0.05, 0) is 45.9 Å². The summed E-state index contributed by atoms with van der Waals surface area (Å²) in [5.74, 6) is 0. The fourth-order valence-corrected chi connectivity index (χ4v) is 6.16. The number of rotatable bonds is 4. The fourth-order valence-electron chi connectivity index (χ4n) is 4.50. The van der Waals surface area contributed by atoms with Gasteiger partial charge in [0.2, 0.25) is 10.0 Å². The van der Waals surface area contributed by atoms with Gasteiger partial charge in [-0.15, -0.1) is 0 Å². The number of anilines is 1. The van der Waals surface area contributed by atoms with Crippen molar-refractivity contribution in [3.63, 3.8) is 0 Å². The minimum atomic E-state index is -3.80. The Bertz CT molecular complexity index is 1130. The number of likely N-dealkylation sites (N-methyl/N-ethyl adjacent to an activating group) is 1. The smallest absolute Gasteiger partial charge is 0.431 e. The molecule has 32 heavy (non-hydrogen) atoms. The lowest BCUT2D eigenvalue weighted by atomic mass is 9.93. The van der Waals surface area contributed by atoms with E-state index in [1.807, 2.05) is 43.1 Å². The van der Waals surface area contributed by atoms with Gasteiger partial charge in [0, 0.05) is 31.3 Å². The topological polar surface area (TPSA) is 88.2 Å². The fraction of sp³-hybridized carbons (Fsp3) is 0.435. The minimum absolute atomic E-state index is 0.225. The summed E-state index contributed by atoms with van der Waals surface area (Å²) in [6, 6.07) is 14.4. The van der Waals surface area contributed by atoms with E-state index >= 15 is 0 Å². The molecule has 172 valence electrons. The number of amides is 1. The van der Waals surface area contributed by atoms with E-state index in [0.29, 0.717) is 6.42 Å². The zero-order valence-electron chi connectivity index (χ0n) is 19.0. The van der Waals surface area contributed by atoms with Crippen LogP contribution in [0.5, 0.6) is 0 Å². The van der Waals surface area contributed by atoms with E-state index in [2.05, 4.69) is 5.48 Å². The Morgan fingerprint density at radius 1 is 1.12 bits per heavy atom. The van der Waals surface area contributed by atoms with Crippen LogP contribution in [0.3, 0.4) is 0 Å². The monoisotopic (exact) mass is 459 g/mol. The van der Waals surface area contributed by atoms with Crippen molar-refractivity contribution in [2.75, 3.05) is 18.5 Å². The predicted octanol–water partition coefficient (Wildman–Crippen LogP) is 3.52. The first-order chi connectivity index (χ1) is 15.0. The van der Waals surface area contributed by atoms with Gasteiger partial charge in [0.1, 0.15) is 11.8 Å². The summed E-state index contributed by atoms with van der Waals surface area (Å²) in [5, 5.41) is 0. The Balaban J connectivity index is 1.71. The second-order valence-corrected chi connectivity index (χ2v) is 11.2. The molecule has 2 heterocycles. The molecule has 0 radical (unpaired) electrons. The van der Waals surface area contributed by atoms with E-state index in [1.54, 1.807) is 45.0 Å². The maximum atomic E-state index is 13.6. The Morgan fingerprint density at radius 2 is 1.78 bits per heavy atom. The number of fused-ring (bicyclic) bond motifs is 3. The summed E-state index contributed by atoms with van der Waals surface area (Å²) in [5.41, 5.74) is 3.32. The number of benzene rings is 2. The highest BCUT2D eigenvalue weighted by molar-refractivity contribution is 7.89. The average Bonchev–Trinajstić information content (AvgIpc) is 3.21. The van der Waals surface area contributed by atoms with Crippen LogP contribution in [-0.2, 0) is 25.2 Å². The van der Waals surface area contributed by atoms with Crippen molar-refractivity contribution in [2.24, 2.45) is 0 Å². The number of ether oxygens (including phenoxy) is 1. The van der Waals surface area contributed by atoms with E-state index in [-0.39, 0.29) is 11.4 Å². The largest absolute Gasteiger partial charge is 0.442 e. The van der Waals surface area contributed by atoms with Crippen molar-refractivity contribution in [3.8, 4) is 0 Å². The minimum Gasteiger partial charge on any atom is -0.442 e. The maximum Gasteiger partial charge on any atom is 0.431 e. The highest BCUT2D eigenvalue weighted by Gasteiger charge is 2.61. The normalized spacial score (nSPS) is 23.0. The number of sulfonamides is 1. The summed E-state index contributed by atoms with van der Waals surface area (Å²) in [6.45, 7) is 7.44. The Kier molecular flexibility index (Phi) is 5.47. The molecule has 2 aliphatic rings. The summed E-state index contributed by atoms with van der Waals surface area (Å²) in [4.78, 5) is 20.5. The van der Waals surface area contributed by atoms with Crippen LogP contribution in [-0.4, -0.2) is 44.2 Å². The summed E-state index contributed by atoms with van der Waals surface area (Å²) in [6.07, 6.45) is -1.02. The zero-order chi connectivity index (χ0) is 23.3. The first kappa shape index (κ1) is 22.6. The third-order valence-corrected chi connectivity index (χ3v) is 7.71. The third kappa shape index (κ3) is 3.74. The number of nitrogens with one attached hydrogen (secondary N) is 1. The molecular weight excluding hydrogens is 430 g/mol. The molecule has 4 rings (SSSR count). The number of hydroxylamine groups is 1. The maximum absolute atomic E-state index is 13.6. The molecule has 2 unspecified atom stereocenters. The first-order valence-corrected chi connectivity index (χ1v) is 12.0. The Hall–Kier alpha value is -2.62. The Morgan fingerprint density at radius 3 is 2.44 bits per heavy atom. The summed E-state index contributed by atoms with van der Waals surface area (Å²) < 4.78 is 33.9. The van der Waals surface area contributed by atoms with Crippen LogP contribution >= 0.6 is 0 Å². The average molecular weight is 460 g/mol. The molecule has 9 heteroatoms. The predicted molar refractivity (Wildman–Crippen MR) is 120 cm³/mol.